The van der Waals surface area contributed by atoms with Gasteiger partial charge in [-0.3, -0.25) is 0 Å². The van der Waals surface area contributed by atoms with Crippen molar-refractivity contribution in [2.45, 2.75) is 6.54 Å². The first-order valence-corrected chi connectivity index (χ1v) is 5.94. The summed E-state index contributed by atoms with van der Waals surface area (Å²) in [5, 5.41) is 13.3. The molecule has 2 aromatic rings. The van der Waals surface area contributed by atoms with Crippen molar-refractivity contribution in [3.8, 4) is 0 Å². The Balaban J connectivity index is 2.11. The van der Waals surface area contributed by atoms with Crippen molar-refractivity contribution in [2.24, 2.45) is 0 Å². The normalized spacial score (nSPS) is 10.3. The van der Waals surface area contributed by atoms with E-state index in [4.69, 9.17) is 5.11 Å². The molecule has 3 nitrogen and oxygen atoms in total. The van der Waals surface area contributed by atoms with Crippen LogP contribution >= 0.6 is 11.3 Å². The summed E-state index contributed by atoms with van der Waals surface area (Å²) in [6, 6.07) is 4.74. The van der Waals surface area contributed by atoms with Gasteiger partial charge in [-0.1, -0.05) is 0 Å². The Kier molecular flexibility index (Phi) is 3.57. The van der Waals surface area contributed by atoms with Crippen LogP contribution in [-0.4, -0.2) is 11.1 Å². The maximum absolute atomic E-state index is 12.9. The van der Waals surface area contributed by atoms with E-state index in [9.17, 15) is 13.6 Å². The summed E-state index contributed by atoms with van der Waals surface area (Å²) in [7, 11) is 0. The van der Waals surface area contributed by atoms with Crippen LogP contribution in [0.2, 0.25) is 0 Å². The quantitative estimate of drug-likeness (QED) is 0.895. The number of benzene rings is 1. The topological polar surface area (TPSA) is 49.3 Å². The number of carboxylic acids is 1. The summed E-state index contributed by atoms with van der Waals surface area (Å²) in [5.74, 6) is -2.37. The number of carbonyl (C=O) groups is 1. The molecular formula is C12H9F2NO2S. The third-order valence-corrected chi connectivity index (χ3v) is 3.23. The Morgan fingerprint density at radius 1 is 1.28 bits per heavy atom. The van der Waals surface area contributed by atoms with Crippen molar-refractivity contribution in [3.63, 3.8) is 0 Å². The average Bonchev–Trinajstić information content (AvgIpc) is 2.73. The van der Waals surface area contributed by atoms with Gasteiger partial charge in [0.15, 0.2) is 0 Å². The van der Waals surface area contributed by atoms with Crippen molar-refractivity contribution < 1.29 is 18.7 Å². The summed E-state index contributed by atoms with van der Waals surface area (Å²) < 4.78 is 25.9. The van der Waals surface area contributed by atoms with Gasteiger partial charge < -0.3 is 10.4 Å². The van der Waals surface area contributed by atoms with E-state index >= 15 is 0 Å². The van der Waals surface area contributed by atoms with Crippen LogP contribution in [0.4, 0.5) is 14.5 Å². The molecule has 2 rings (SSSR count). The van der Waals surface area contributed by atoms with Crippen LogP contribution in [-0.2, 0) is 6.54 Å². The van der Waals surface area contributed by atoms with Gasteiger partial charge in [-0.15, -0.1) is 11.3 Å². The van der Waals surface area contributed by atoms with Gasteiger partial charge in [0, 0.05) is 18.3 Å². The number of rotatable bonds is 4. The van der Waals surface area contributed by atoms with E-state index in [1.54, 1.807) is 11.4 Å². The number of aromatic carboxylic acids is 1. The molecule has 0 aliphatic heterocycles. The minimum absolute atomic E-state index is 0.202. The van der Waals surface area contributed by atoms with Crippen LogP contribution in [0, 0.1) is 11.6 Å². The van der Waals surface area contributed by atoms with Gasteiger partial charge in [0.05, 0.1) is 0 Å². The monoisotopic (exact) mass is 269 g/mol. The highest BCUT2D eigenvalue weighted by Crippen LogP contribution is 2.19. The summed E-state index contributed by atoms with van der Waals surface area (Å²) in [5.41, 5.74) is 0.854. The fourth-order valence-corrected chi connectivity index (χ4v) is 2.28. The molecule has 0 saturated heterocycles. The zero-order valence-electron chi connectivity index (χ0n) is 9.11. The average molecular weight is 269 g/mol. The van der Waals surface area contributed by atoms with Crippen LogP contribution in [0.15, 0.2) is 29.6 Å². The van der Waals surface area contributed by atoms with E-state index in [0.717, 1.165) is 29.5 Å². The molecule has 1 aromatic carbocycles. The molecule has 0 radical (unpaired) electrons. The number of hydrogen-bond donors (Lipinski definition) is 2. The lowest BCUT2D eigenvalue weighted by Crippen LogP contribution is -2.04. The second-order valence-corrected chi connectivity index (χ2v) is 4.51. The molecule has 1 aromatic heterocycles. The van der Waals surface area contributed by atoms with E-state index in [-0.39, 0.29) is 17.1 Å². The van der Waals surface area contributed by atoms with Gasteiger partial charge in [0.2, 0.25) is 0 Å². The van der Waals surface area contributed by atoms with E-state index < -0.39 is 17.6 Å². The fourth-order valence-electron chi connectivity index (χ4n) is 1.52. The molecule has 6 heteroatoms. The molecule has 0 fully saturated rings. The van der Waals surface area contributed by atoms with Gasteiger partial charge in [-0.2, -0.15) is 0 Å². The lowest BCUT2D eigenvalue weighted by molar-refractivity contribution is 0.0701. The Morgan fingerprint density at radius 2 is 1.94 bits per heavy atom. The largest absolute Gasteiger partial charge is 0.477 e. The zero-order valence-corrected chi connectivity index (χ0v) is 9.93. The van der Waals surface area contributed by atoms with Gasteiger partial charge in [-0.05, 0) is 29.1 Å². The first-order chi connectivity index (χ1) is 8.56. The minimum Gasteiger partial charge on any atom is -0.477 e. The van der Waals surface area contributed by atoms with Crippen LogP contribution in [0.3, 0.4) is 0 Å². The second kappa shape index (κ2) is 5.14. The predicted molar refractivity (Wildman–Crippen MR) is 65.0 cm³/mol. The summed E-state index contributed by atoms with van der Waals surface area (Å²) in [6.07, 6.45) is 0. The third kappa shape index (κ3) is 2.84. The van der Waals surface area contributed by atoms with Crippen molar-refractivity contribution in [1.82, 2.24) is 0 Å². The van der Waals surface area contributed by atoms with Crippen molar-refractivity contribution in [1.29, 1.82) is 0 Å². The smallest absolute Gasteiger partial charge is 0.346 e. The second-order valence-electron chi connectivity index (χ2n) is 3.59. The summed E-state index contributed by atoms with van der Waals surface area (Å²) in [6.45, 7) is 0.202. The number of carboxylic acid groups (broad SMARTS) is 1. The number of anilines is 1. The Bertz CT molecular complexity index is 563. The number of thiophene rings is 1. The van der Waals surface area contributed by atoms with Crippen molar-refractivity contribution in [2.75, 3.05) is 5.32 Å². The number of hydrogen-bond acceptors (Lipinski definition) is 3. The Labute approximate surface area is 106 Å². The van der Waals surface area contributed by atoms with Crippen molar-refractivity contribution in [3.05, 3.63) is 51.7 Å². The molecule has 0 unspecified atom stereocenters. The predicted octanol–water partition coefficient (Wildman–Crippen LogP) is 3.34. The first-order valence-electron chi connectivity index (χ1n) is 5.06. The SMILES string of the molecule is O=C(O)c1sccc1CNc1cc(F)cc(F)c1. The number of nitrogens with one attached hydrogen (secondary N) is 1. The molecule has 2 N–H and O–H groups in total. The highest BCUT2D eigenvalue weighted by Gasteiger charge is 2.11. The molecule has 18 heavy (non-hydrogen) atoms. The summed E-state index contributed by atoms with van der Waals surface area (Å²) in [4.78, 5) is 11.1. The Morgan fingerprint density at radius 3 is 2.56 bits per heavy atom. The van der Waals surface area contributed by atoms with Gasteiger partial charge >= 0.3 is 5.97 Å². The molecule has 0 amide bonds. The van der Waals surface area contributed by atoms with Crippen LogP contribution in [0.25, 0.3) is 0 Å². The minimum atomic E-state index is -1.01. The molecule has 0 aliphatic rings. The van der Waals surface area contributed by atoms with E-state index in [1.807, 2.05) is 0 Å². The highest BCUT2D eigenvalue weighted by atomic mass is 32.1. The van der Waals surface area contributed by atoms with E-state index in [2.05, 4.69) is 5.32 Å². The number of halogens is 2. The van der Waals surface area contributed by atoms with E-state index in [1.165, 1.54) is 0 Å². The molecule has 1 heterocycles. The first kappa shape index (κ1) is 12.5. The molecule has 0 atom stereocenters. The third-order valence-electron chi connectivity index (χ3n) is 2.29. The molecule has 0 aliphatic carbocycles. The fraction of sp³-hybridized carbons (Fsp3) is 0.0833. The zero-order chi connectivity index (χ0) is 13.1. The standard InChI is InChI=1S/C12H9F2NO2S/c13-8-3-9(14)5-10(4-8)15-6-7-1-2-18-11(7)12(16)17/h1-5,15H,6H2,(H,16,17). The van der Waals surface area contributed by atoms with Gasteiger partial charge in [0.25, 0.3) is 0 Å². The molecule has 0 saturated carbocycles. The van der Waals surface area contributed by atoms with E-state index in [0.29, 0.717) is 5.56 Å². The van der Waals surface area contributed by atoms with Crippen LogP contribution in [0.1, 0.15) is 15.2 Å². The lowest BCUT2D eigenvalue weighted by Gasteiger charge is -2.06. The lowest BCUT2D eigenvalue weighted by atomic mass is 10.2. The van der Waals surface area contributed by atoms with Gasteiger partial charge in [0.1, 0.15) is 16.5 Å². The van der Waals surface area contributed by atoms with Crippen molar-refractivity contribution >= 4 is 23.0 Å². The maximum atomic E-state index is 12.9. The van der Waals surface area contributed by atoms with Gasteiger partial charge in [-0.25, -0.2) is 13.6 Å². The Hall–Kier alpha value is -1.95. The maximum Gasteiger partial charge on any atom is 0.346 e. The molecule has 0 spiro atoms. The molecule has 94 valence electrons. The summed E-state index contributed by atoms with van der Waals surface area (Å²) >= 11 is 1.11. The molecule has 0 bridgehead atoms. The highest BCUT2D eigenvalue weighted by molar-refractivity contribution is 7.12. The van der Waals surface area contributed by atoms with Crippen LogP contribution in [0.5, 0.6) is 0 Å². The molecular weight excluding hydrogens is 260 g/mol. The van der Waals surface area contributed by atoms with Crippen LogP contribution < -0.4 is 5.32 Å².